The second-order valence-corrected chi connectivity index (χ2v) is 3.82. The van der Waals surface area contributed by atoms with Gasteiger partial charge >= 0.3 is 0 Å². The summed E-state index contributed by atoms with van der Waals surface area (Å²) in [6, 6.07) is 6.73. The van der Waals surface area contributed by atoms with Crippen LogP contribution >= 0.6 is 0 Å². The fraction of sp³-hybridized carbons (Fsp3) is 0.385. The number of nitrogens with two attached hydrogens (primary N) is 1. The van der Waals surface area contributed by atoms with Crippen molar-refractivity contribution in [3.05, 3.63) is 29.8 Å². The summed E-state index contributed by atoms with van der Waals surface area (Å²) in [6.07, 6.45) is 0. The highest BCUT2D eigenvalue weighted by Crippen LogP contribution is 2.17. The first-order chi connectivity index (χ1) is 9.69. The summed E-state index contributed by atoms with van der Waals surface area (Å²) in [4.78, 5) is 11.5. The number of ether oxygens (including phenoxy) is 2. The Morgan fingerprint density at radius 2 is 2.20 bits per heavy atom. The van der Waals surface area contributed by atoms with Crippen LogP contribution in [0.1, 0.15) is 12.5 Å². The molecule has 7 heteroatoms. The Morgan fingerprint density at radius 3 is 2.90 bits per heavy atom. The van der Waals surface area contributed by atoms with E-state index in [-0.39, 0.29) is 18.3 Å². The molecule has 0 atom stereocenters. The Hall–Kier alpha value is -2.28. The number of hydrogen-bond acceptors (Lipinski definition) is 5. The molecule has 1 aromatic carbocycles. The monoisotopic (exact) mass is 281 g/mol. The van der Waals surface area contributed by atoms with Crippen molar-refractivity contribution in [3.63, 3.8) is 0 Å². The molecule has 0 heterocycles. The van der Waals surface area contributed by atoms with Gasteiger partial charge in [0.05, 0.1) is 12.2 Å². The number of hydrogen-bond donors (Lipinski definition) is 3. The van der Waals surface area contributed by atoms with Crippen molar-refractivity contribution in [2.45, 2.75) is 6.92 Å². The number of oxime groups is 1. The Morgan fingerprint density at radius 1 is 1.45 bits per heavy atom. The molecule has 7 nitrogen and oxygen atoms in total. The number of benzene rings is 1. The Bertz CT molecular complexity index is 463. The number of amides is 1. The summed E-state index contributed by atoms with van der Waals surface area (Å²) in [7, 11) is 0. The topological polar surface area (TPSA) is 106 Å². The van der Waals surface area contributed by atoms with Gasteiger partial charge in [-0.25, -0.2) is 0 Å². The molecular formula is C13H19N3O4. The minimum Gasteiger partial charge on any atom is -0.483 e. The molecule has 0 aromatic heterocycles. The van der Waals surface area contributed by atoms with Crippen molar-refractivity contribution < 1.29 is 19.5 Å². The summed E-state index contributed by atoms with van der Waals surface area (Å²) in [6.45, 7) is 3.23. The van der Waals surface area contributed by atoms with Gasteiger partial charge in [0, 0.05) is 13.2 Å². The van der Waals surface area contributed by atoms with Gasteiger partial charge in [0.1, 0.15) is 5.75 Å². The van der Waals surface area contributed by atoms with E-state index in [4.69, 9.17) is 20.4 Å². The van der Waals surface area contributed by atoms with Crippen molar-refractivity contribution in [1.82, 2.24) is 5.32 Å². The molecule has 20 heavy (non-hydrogen) atoms. The van der Waals surface area contributed by atoms with Gasteiger partial charge in [0.15, 0.2) is 12.4 Å². The van der Waals surface area contributed by atoms with Crippen LogP contribution in [0.5, 0.6) is 5.75 Å². The Balaban J connectivity index is 2.47. The highest BCUT2D eigenvalue weighted by atomic mass is 16.5. The molecule has 110 valence electrons. The minimum atomic E-state index is -0.265. The first-order valence-electron chi connectivity index (χ1n) is 6.23. The molecule has 0 bridgehead atoms. The maximum atomic E-state index is 11.5. The Kier molecular flexibility index (Phi) is 6.91. The smallest absolute Gasteiger partial charge is 0.258 e. The summed E-state index contributed by atoms with van der Waals surface area (Å²) >= 11 is 0. The van der Waals surface area contributed by atoms with Gasteiger partial charge in [-0.15, -0.1) is 0 Å². The standard InChI is InChI=1S/C13H19N3O4/c1-2-19-8-7-15-12(17)9-20-11-6-4-3-5-10(11)13(14)16-18/h3-6,18H,2,7-9H2,1H3,(H2,14,16)(H,15,17). The van der Waals surface area contributed by atoms with Crippen molar-refractivity contribution >= 4 is 11.7 Å². The summed E-state index contributed by atoms with van der Waals surface area (Å²) in [5.41, 5.74) is 5.95. The fourth-order valence-electron chi connectivity index (χ4n) is 1.46. The molecule has 0 aliphatic carbocycles. The number of nitrogens with one attached hydrogen (secondary N) is 1. The lowest BCUT2D eigenvalue weighted by Gasteiger charge is -2.10. The van der Waals surface area contributed by atoms with E-state index in [0.717, 1.165) is 0 Å². The van der Waals surface area contributed by atoms with Crippen LogP contribution in [-0.2, 0) is 9.53 Å². The summed E-state index contributed by atoms with van der Waals surface area (Å²) in [5.74, 6) is 0.0409. The molecule has 1 amide bonds. The van der Waals surface area contributed by atoms with E-state index in [2.05, 4.69) is 10.5 Å². The van der Waals surface area contributed by atoms with Crippen LogP contribution in [0.15, 0.2) is 29.4 Å². The Labute approximate surface area is 117 Å². The molecule has 1 aromatic rings. The second kappa shape index (κ2) is 8.76. The number of amidine groups is 1. The average Bonchev–Trinajstić information content (AvgIpc) is 2.49. The molecule has 0 unspecified atom stereocenters. The summed E-state index contributed by atoms with van der Waals surface area (Å²) in [5, 5.41) is 14.2. The van der Waals surface area contributed by atoms with E-state index < -0.39 is 0 Å². The van der Waals surface area contributed by atoms with Gasteiger partial charge in [-0.1, -0.05) is 17.3 Å². The van der Waals surface area contributed by atoms with Crippen LogP contribution < -0.4 is 15.8 Å². The number of carbonyl (C=O) groups is 1. The molecule has 0 radical (unpaired) electrons. The lowest BCUT2D eigenvalue weighted by Crippen LogP contribution is -2.32. The molecule has 4 N–H and O–H groups in total. The van der Waals surface area contributed by atoms with Gasteiger partial charge in [0.25, 0.3) is 5.91 Å². The molecule has 1 rings (SSSR count). The SMILES string of the molecule is CCOCCNC(=O)COc1ccccc1/C(N)=N/O. The van der Waals surface area contributed by atoms with Gasteiger partial charge in [-0.2, -0.15) is 0 Å². The highest BCUT2D eigenvalue weighted by molar-refractivity contribution is 5.99. The predicted octanol–water partition coefficient (Wildman–Crippen LogP) is 0.313. The van der Waals surface area contributed by atoms with E-state index in [1.807, 2.05) is 6.92 Å². The number of rotatable bonds is 8. The fourth-order valence-corrected chi connectivity index (χ4v) is 1.46. The van der Waals surface area contributed by atoms with E-state index in [0.29, 0.717) is 31.1 Å². The second-order valence-electron chi connectivity index (χ2n) is 3.82. The maximum Gasteiger partial charge on any atom is 0.258 e. The zero-order chi connectivity index (χ0) is 14.8. The van der Waals surface area contributed by atoms with E-state index in [1.165, 1.54) is 0 Å². The van der Waals surface area contributed by atoms with Crippen LogP contribution in [0.25, 0.3) is 0 Å². The number of nitrogens with zero attached hydrogens (tertiary/aromatic N) is 1. The zero-order valence-electron chi connectivity index (χ0n) is 11.3. The van der Waals surface area contributed by atoms with Crippen LogP contribution in [0.2, 0.25) is 0 Å². The van der Waals surface area contributed by atoms with Crippen LogP contribution in [0, 0.1) is 0 Å². The first-order valence-corrected chi connectivity index (χ1v) is 6.23. The molecule has 0 aliphatic heterocycles. The third kappa shape index (κ3) is 5.15. The van der Waals surface area contributed by atoms with E-state index >= 15 is 0 Å². The van der Waals surface area contributed by atoms with Gasteiger partial charge in [-0.05, 0) is 19.1 Å². The normalized spacial score (nSPS) is 11.2. The van der Waals surface area contributed by atoms with Crippen molar-refractivity contribution in [1.29, 1.82) is 0 Å². The molecule has 0 aliphatic rings. The largest absolute Gasteiger partial charge is 0.483 e. The first kappa shape index (κ1) is 15.8. The molecule has 0 spiro atoms. The van der Waals surface area contributed by atoms with E-state index in [9.17, 15) is 4.79 Å². The van der Waals surface area contributed by atoms with Gasteiger partial charge in [0.2, 0.25) is 0 Å². The molecule has 0 saturated carbocycles. The number of para-hydroxylation sites is 1. The van der Waals surface area contributed by atoms with Crippen LogP contribution in [0.4, 0.5) is 0 Å². The average molecular weight is 281 g/mol. The molecule has 0 saturated heterocycles. The van der Waals surface area contributed by atoms with Crippen molar-refractivity contribution in [3.8, 4) is 5.75 Å². The van der Waals surface area contributed by atoms with Gasteiger partial charge < -0.3 is 25.7 Å². The van der Waals surface area contributed by atoms with Crippen molar-refractivity contribution in [2.75, 3.05) is 26.4 Å². The minimum absolute atomic E-state index is 0.0719. The third-order valence-electron chi connectivity index (χ3n) is 2.40. The lowest BCUT2D eigenvalue weighted by atomic mass is 10.2. The van der Waals surface area contributed by atoms with Gasteiger partial charge in [-0.3, -0.25) is 4.79 Å². The molecule has 0 fully saturated rings. The van der Waals surface area contributed by atoms with Crippen LogP contribution in [-0.4, -0.2) is 43.3 Å². The quantitative estimate of drug-likeness (QED) is 0.209. The number of carbonyl (C=O) groups excluding carboxylic acids is 1. The highest BCUT2D eigenvalue weighted by Gasteiger charge is 2.09. The third-order valence-corrected chi connectivity index (χ3v) is 2.40. The van der Waals surface area contributed by atoms with E-state index in [1.54, 1.807) is 24.3 Å². The van der Waals surface area contributed by atoms with Crippen molar-refractivity contribution in [2.24, 2.45) is 10.9 Å². The maximum absolute atomic E-state index is 11.5. The predicted molar refractivity (Wildman–Crippen MR) is 74.0 cm³/mol. The lowest BCUT2D eigenvalue weighted by molar-refractivity contribution is -0.123. The summed E-state index contributed by atoms with van der Waals surface area (Å²) < 4.78 is 10.5. The zero-order valence-corrected chi connectivity index (χ0v) is 11.3. The van der Waals surface area contributed by atoms with Crippen LogP contribution in [0.3, 0.4) is 0 Å². The molecular weight excluding hydrogens is 262 g/mol.